The van der Waals surface area contributed by atoms with E-state index in [4.69, 9.17) is 16.6 Å². The van der Waals surface area contributed by atoms with Gasteiger partial charge in [0.05, 0.1) is 0 Å². The highest BCUT2D eigenvalue weighted by Gasteiger charge is 2.34. The van der Waals surface area contributed by atoms with Crippen LogP contribution in [0.1, 0.15) is 31.7 Å². The maximum absolute atomic E-state index is 5.97. The summed E-state index contributed by atoms with van der Waals surface area (Å²) in [7, 11) is 2.10. The van der Waals surface area contributed by atoms with Crippen LogP contribution in [-0.2, 0) is 6.54 Å². The highest BCUT2D eigenvalue weighted by Crippen LogP contribution is 2.31. The molecule has 0 amide bonds. The molecule has 3 rings (SSSR count). The van der Waals surface area contributed by atoms with Gasteiger partial charge in [-0.3, -0.25) is 4.99 Å². The van der Waals surface area contributed by atoms with Crippen LogP contribution >= 0.6 is 11.6 Å². The molecule has 0 bridgehead atoms. The minimum Gasteiger partial charge on any atom is -0.357 e. The summed E-state index contributed by atoms with van der Waals surface area (Å²) in [6.07, 6.45) is 4.10. The second-order valence-electron chi connectivity index (χ2n) is 7.06. The molecule has 1 aromatic rings. The molecule has 24 heavy (non-hydrogen) atoms. The number of halogens is 1. The van der Waals surface area contributed by atoms with Crippen molar-refractivity contribution in [2.45, 2.75) is 38.8 Å². The third kappa shape index (κ3) is 4.87. The maximum Gasteiger partial charge on any atom is 0.193 e. The average molecular weight is 349 g/mol. The van der Waals surface area contributed by atoms with E-state index in [1.807, 2.05) is 12.1 Å². The van der Waals surface area contributed by atoms with Gasteiger partial charge in [0, 0.05) is 44.3 Å². The summed E-state index contributed by atoms with van der Waals surface area (Å²) >= 11 is 5.97. The van der Waals surface area contributed by atoms with Crippen molar-refractivity contribution < 1.29 is 0 Å². The van der Waals surface area contributed by atoms with Gasteiger partial charge in [-0.05, 0) is 56.3 Å². The summed E-state index contributed by atoms with van der Waals surface area (Å²) in [6, 6.07) is 8.93. The summed E-state index contributed by atoms with van der Waals surface area (Å²) in [5.74, 6) is 1.71. The Labute approximate surface area is 150 Å². The second-order valence-corrected chi connectivity index (χ2v) is 7.49. The van der Waals surface area contributed by atoms with Gasteiger partial charge in [0.2, 0.25) is 0 Å². The summed E-state index contributed by atoms with van der Waals surface area (Å²) in [5.41, 5.74) is 1.24. The van der Waals surface area contributed by atoms with Gasteiger partial charge < -0.3 is 15.1 Å². The molecule has 1 heterocycles. The van der Waals surface area contributed by atoms with Crippen LogP contribution in [-0.4, -0.2) is 55.0 Å². The lowest BCUT2D eigenvalue weighted by Crippen LogP contribution is -2.39. The van der Waals surface area contributed by atoms with Crippen LogP contribution in [0.15, 0.2) is 29.3 Å². The molecule has 0 spiro atoms. The standard InChI is InChI=1S/C19H29ClN4/c1-3-21-19(23(2)13-15-4-6-17(20)7-5-15)22-12-16-10-11-24(14-16)18-8-9-18/h4-7,16,18H,3,8-14H2,1-2H3,(H,21,22). The first-order chi connectivity index (χ1) is 11.7. The molecule has 1 saturated carbocycles. The fourth-order valence-electron chi connectivity index (χ4n) is 3.41. The lowest BCUT2D eigenvalue weighted by Gasteiger charge is -2.23. The van der Waals surface area contributed by atoms with Crippen molar-refractivity contribution in [1.82, 2.24) is 15.1 Å². The van der Waals surface area contributed by atoms with E-state index in [0.29, 0.717) is 5.92 Å². The zero-order chi connectivity index (χ0) is 16.9. The molecule has 1 aromatic carbocycles. The number of nitrogens with zero attached hydrogens (tertiary/aromatic N) is 3. The average Bonchev–Trinajstić information content (AvgIpc) is 3.32. The molecule has 1 saturated heterocycles. The third-order valence-electron chi connectivity index (χ3n) is 4.91. The van der Waals surface area contributed by atoms with Gasteiger partial charge in [-0.15, -0.1) is 0 Å². The van der Waals surface area contributed by atoms with Crippen molar-refractivity contribution in [2.24, 2.45) is 10.9 Å². The highest BCUT2D eigenvalue weighted by atomic mass is 35.5. The fourth-order valence-corrected chi connectivity index (χ4v) is 3.53. The molecule has 4 nitrogen and oxygen atoms in total. The molecule has 132 valence electrons. The van der Waals surface area contributed by atoms with Crippen molar-refractivity contribution in [2.75, 3.05) is 33.2 Å². The molecule has 5 heteroatoms. The number of nitrogens with one attached hydrogen (secondary N) is 1. The van der Waals surface area contributed by atoms with E-state index in [1.54, 1.807) is 0 Å². The largest absolute Gasteiger partial charge is 0.357 e. The van der Waals surface area contributed by atoms with E-state index in [9.17, 15) is 0 Å². The zero-order valence-electron chi connectivity index (χ0n) is 14.8. The van der Waals surface area contributed by atoms with Crippen molar-refractivity contribution in [3.05, 3.63) is 34.9 Å². The van der Waals surface area contributed by atoms with Crippen LogP contribution in [0.4, 0.5) is 0 Å². The van der Waals surface area contributed by atoms with Gasteiger partial charge in [-0.1, -0.05) is 23.7 Å². The quantitative estimate of drug-likeness (QED) is 0.632. The number of likely N-dealkylation sites (tertiary alicyclic amines) is 1. The Morgan fingerprint density at radius 3 is 2.71 bits per heavy atom. The van der Waals surface area contributed by atoms with Gasteiger partial charge in [-0.25, -0.2) is 0 Å². The van der Waals surface area contributed by atoms with Gasteiger partial charge in [0.25, 0.3) is 0 Å². The van der Waals surface area contributed by atoms with E-state index in [1.165, 1.54) is 37.9 Å². The molecule has 1 aliphatic carbocycles. The predicted molar refractivity (Wildman–Crippen MR) is 102 cm³/mol. The molecule has 0 aromatic heterocycles. The minimum absolute atomic E-state index is 0.711. The molecule has 1 atom stereocenters. The van der Waals surface area contributed by atoms with Crippen molar-refractivity contribution in [3.63, 3.8) is 0 Å². The van der Waals surface area contributed by atoms with Gasteiger partial charge in [0.1, 0.15) is 0 Å². The normalized spacial score (nSPS) is 22.0. The predicted octanol–water partition coefficient (Wildman–Crippen LogP) is 3.22. The lowest BCUT2D eigenvalue weighted by atomic mass is 10.1. The van der Waals surface area contributed by atoms with Crippen LogP contribution in [0.25, 0.3) is 0 Å². The van der Waals surface area contributed by atoms with E-state index < -0.39 is 0 Å². The third-order valence-corrected chi connectivity index (χ3v) is 5.16. The first-order valence-electron chi connectivity index (χ1n) is 9.13. The van der Waals surface area contributed by atoms with Crippen LogP contribution in [0, 0.1) is 5.92 Å². The van der Waals surface area contributed by atoms with E-state index in [-0.39, 0.29) is 0 Å². The van der Waals surface area contributed by atoms with Gasteiger partial charge in [-0.2, -0.15) is 0 Å². The van der Waals surface area contributed by atoms with Crippen molar-refractivity contribution >= 4 is 17.6 Å². The molecule has 2 aliphatic rings. The Bertz CT molecular complexity index is 553. The van der Waals surface area contributed by atoms with E-state index in [0.717, 1.165) is 36.7 Å². The van der Waals surface area contributed by atoms with Crippen molar-refractivity contribution in [1.29, 1.82) is 0 Å². The van der Waals surface area contributed by atoms with Crippen LogP contribution in [0.5, 0.6) is 0 Å². The molecule has 1 aliphatic heterocycles. The minimum atomic E-state index is 0.711. The summed E-state index contributed by atoms with van der Waals surface area (Å²) in [4.78, 5) is 9.75. The van der Waals surface area contributed by atoms with E-state index in [2.05, 4.69) is 41.2 Å². The molecular formula is C19H29ClN4. The van der Waals surface area contributed by atoms with Crippen molar-refractivity contribution in [3.8, 4) is 0 Å². The lowest BCUT2D eigenvalue weighted by molar-refractivity contribution is 0.315. The van der Waals surface area contributed by atoms with Crippen LogP contribution in [0.3, 0.4) is 0 Å². The topological polar surface area (TPSA) is 30.9 Å². The Morgan fingerprint density at radius 2 is 2.04 bits per heavy atom. The summed E-state index contributed by atoms with van der Waals surface area (Å²) in [5, 5.41) is 4.20. The Kier molecular flexibility index (Phi) is 6.01. The number of hydrogen-bond donors (Lipinski definition) is 1. The first kappa shape index (κ1) is 17.6. The number of rotatable bonds is 6. The number of guanidine groups is 1. The molecule has 2 fully saturated rings. The number of aliphatic imine (C=N–C) groups is 1. The smallest absolute Gasteiger partial charge is 0.193 e. The molecular weight excluding hydrogens is 320 g/mol. The Morgan fingerprint density at radius 1 is 1.29 bits per heavy atom. The maximum atomic E-state index is 5.97. The van der Waals surface area contributed by atoms with Gasteiger partial charge in [0.15, 0.2) is 5.96 Å². The SMILES string of the molecule is CCNC(=NCC1CCN(C2CC2)C1)N(C)Cc1ccc(Cl)cc1. The second kappa shape index (κ2) is 8.21. The monoisotopic (exact) mass is 348 g/mol. The summed E-state index contributed by atoms with van der Waals surface area (Å²) in [6.45, 7) is 7.27. The summed E-state index contributed by atoms with van der Waals surface area (Å²) < 4.78 is 0. The number of hydrogen-bond acceptors (Lipinski definition) is 2. The Balaban J connectivity index is 1.55. The molecule has 0 radical (unpaired) electrons. The van der Waals surface area contributed by atoms with Crippen LogP contribution < -0.4 is 5.32 Å². The first-order valence-corrected chi connectivity index (χ1v) is 9.51. The van der Waals surface area contributed by atoms with E-state index >= 15 is 0 Å². The van der Waals surface area contributed by atoms with Gasteiger partial charge >= 0.3 is 0 Å². The number of benzene rings is 1. The molecule has 1 unspecified atom stereocenters. The fraction of sp³-hybridized carbons (Fsp3) is 0.632. The zero-order valence-corrected chi connectivity index (χ0v) is 15.6. The molecule has 1 N–H and O–H groups in total. The van der Waals surface area contributed by atoms with Crippen LogP contribution in [0.2, 0.25) is 5.02 Å². The Hall–Kier alpha value is -1.26. The highest BCUT2D eigenvalue weighted by molar-refractivity contribution is 6.30.